The highest BCUT2D eigenvalue weighted by Crippen LogP contribution is 2.22. The number of hydrogen-bond donors (Lipinski definition) is 5. The molecule has 2 unspecified atom stereocenters. The van der Waals surface area contributed by atoms with Gasteiger partial charge in [-0.15, -0.1) is 5.10 Å². The highest BCUT2D eigenvalue weighted by molar-refractivity contribution is 5.85. The first kappa shape index (κ1) is 39.1. The number of amides is 3. The number of unbranched alkanes of at least 4 members (excludes halogenated alkanes) is 2. The minimum atomic E-state index is -0.521. The Labute approximate surface area is 263 Å². The van der Waals surface area contributed by atoms with Crippen molar-refractivity contribution in [3.63, 3.8) is 0 Å². The summed E-state index contributed by atoms with van der Waals surface area (Å²) in [6.07, 6.45) is 7.90. The van der Waals surface area contributed by atoms with Crippen molar-refractivity contribution in [2.45, 2.75) is 129 Å². The average Bonchev–Trinajstić information content (AvgIpc) is 3.45. The van der Waals surface area contributed by atoms with Gasteiger partial charge in [-0.25, -0.2) is 4.68 Å². The van der Waals surface area contributed by atoms with Crippen molar-refractivity contribution in [1.29, 1.82) is 0 Å². The van der Waals surface area contributed by atoms with E-state index in [1.165, 1.54) is 0 Å². The zero-order valence-corrected chi connectivity index (χ0v) is 28.0. The van der Waals surface area contributed by atoms with E-state index in [-0.39, 0.29) is 35.5 Å². The average molecular weight is 623 g/mol. The van der Waals surface area contributed by atoms with Crippen LogP contribution in [-0.2, 0) is 35.9 Å². The number of aromatic nitrogens is 3. The standard InChI is InChI=1S/C31H58N8O5/c1-22(2)28(42)24(32)12-8-10-18-35-26(40)15-14-23-20-39(38-37-23)30(3,4)21-44-31(5,6)17-16-27(41)36-19-11-9-13-25(34-7)29(33)43/h20,22,24-25,34H,8-19,21,32H2,1-7H3,(H2,33,43)(H,35,40)(H,36,41). The van der Waals surface area contributed by atoms with Crippen molar-refractivity contribution >= 4 is 23.5 Å². The molecule has 44 heavy (non-hydrogen) atoms. The molecule has 1 aromatic heterocycles. The predicted molar refractivity (Wildman–Crippen MR) is 171 cm³/mol. The van der Waals surface area contributed by atoms with Gasteiger partial charge in [0.2, 0.25) is 17.7 Å². The zero-order valence-electron chi connectivity index (χ0n) is 28.0. The number of nitrogens with two attached hydrogens (primary N) is 2. The summed E-state index contributed by atoms with van der Waals surface area (Å²) in [6.45, 7) is 13.1. The molecule has 0 saturated carbocycles. The molecule has 0 aliphatic rings. The van der Waals surface area contributed by atoms with Crippen LogP contribution in [0.3, 0.4) is 0 Å². The van der Waals surface area contributed by atoms with E-state index in [9.17, 15) is 19.2 Å². The summed E-state index contributed by atoms with van der Waals surface area (Å²) in [7, 11) is 1.71. The van der Waals surface area contributed by atoms with Crippen LogP contribution in [-0.4, -0.2) is 82.9 Å². The number of nitrogens with zero attached hydrogens (tertiary/aromatic N) is 3. The fraction of sp³-hybridized carbons (Fsp3) is 0.806. The number of rotatable bonds is 24. The minimum Gasteiger partial charge on any atom is -0.373 e. The van der Waals surface area contributed by atoms with Crippen LogP contribution >= 0.6 is 0 Å². The fourth-order valence-electron chi connectivity index (χ4n) is 4.47. The highest BCUT2D eigenvalue weighted by Gasteiger charge is 2.28. The van der Waals surface area contributed by atoms with E-state index in [1.807, 2.05) is 47.7 Å². The van der Waals surface area contributed by atoms with Crippen molar-refractivity contribution in [3.05, 3.63) is 11.9 Å². The minimum absolute atomic E-state index is 0.0340. The van der Waals surface area contributed by atoms with E-state index in [1.54, 1.807) is 11.7 Å². The van der Waals surface area contributed by atoms with Gasteiger partial charge in [0, 0.05) is 44.5 Å². The molecule has 7 N–H and O–H groups in total. The zero-order chi connectivity index (χ0) is 33.3. The van der Waals surface area contributed by atoms with Crippen LogP contribution in [0.5, 0.6) is 0 Å². The molecule has 2 atom stereocenters. The first-order valence-electron chi connectivity index (χ1n) is 15.9. The molecule has 0 aromatic carbocycles. The third-order valence-electron chi connectivity index (χ3n) is 7.67. The van der Waals surface area contributed by atoms with Gasteiger partial charge in [0.05, 0.1) is 35.5 Å². The van der Waals surface area contributed by atoms with Crippen LogP contribution in [0.15, 0.2) is 6.20 Å². The maximum absolute atomic E-state index is 12.3. The molecular weight excluding hydrogens is 564 g/mol. The molecule has 0 aliphatic carbocycles. The molecule has 252 valence electrons. The van der Waals surface area contributed by atoms with E-state index in [0.717, 1.165) is 31.4 Å². The Hall–Kier alpha value is -2.90. The number of carbonyl (C=O) groups excluding carboxylic acids is 4. The van der Waals surface area contributed by atoms with E-state index in [4.69, 9.17) is 16.2 Å². The van der Waals surface area contributed by atoms with Crippen molar-refractivity contribution < 1.29 is 23.9 Å². The molecule has 1 rings (SSSR count). The maximum Gasteiger partial charge on any atom is 0.234 e. The highest BCUT2D eigenvalue weighted by atomic mass is 16.5. The van der Waals surface area contributed by atoms with Crippen LogP contribution in [0.25, 0.3) is 0 Å². The van der Waals surface area contributed by atoms with Crippen molar-refractivity contribution in [2.75, 3.05) is 26.7 Å². The van der Waals surface area contributed by atoms with Gasteiger partial charge in [0.15, 0.2) is 5.78 Å². The largest absolute Gasteiger partial charge is 0.373 e. The Morgan fingerprint density at radius 1 is 0.955 bits per heavy atom. The molecule has 0 bridgehead atoms. The first-order valence-corrected chi connectivity index (χ1v) is 15.9. The lowest BCUT2D eigenvalue weighted by Gasteiger charge is -2.31. The topological polar surface area (TPSA) is 196 Å². The number of ketones is 1. The lowest BCUT2D eigenvalue weighted by atomic mass is 9.98. The Bertz CT molecular complexity index is 1040. The van der Waals surface area contributed by atoms with E-state index >= 15 is 0 Å². The Balaban J connectivity index is 2.33. The second-order valence-electron chi connectivity index (χ2n) is 13.1. The van der Waals surface area contributed by atoms with Crippen LogP contribution < -0.4 is 27.4 Å². The summed E-state index contributed by atoms with van der Waals surface area (Å²) in [5.41, 5.74) is 11.0. The van der Waals surface area contributed by atoms with Gasteiger partial charge in [0.1, 0.15) is 0 Å². The van der Waals surface area contributed by atoms with Crippen LogP contribution in [0.4, 0.5) is 0 Å². The van der Waals surface area contributed by atoms with Crippen LogP contribution in [0.1, 0.15) is 105 Å². The van der Waals surface area contributed by atoms with Gasteiger partial charge < -0.3 is 32.2 Å². The Morgan fingerprint density at radius 2 is 1.55 bits per heavy atom. The van der Waals surface area contributed by atoms with E-state index in [2.05, 4.69) is 26.3 Å². The van der Waals surface area contributed by atoms with Crippen molar-refractivity contribution in [3.8, 4) is 0 Å². The number of hydrogen-bond acceptors (Lipinski definition) is 9. The number of ether oxygens (including phenoxy) is 1. The van der Waals surface area contributed by atoms with Crippen LogP contribution in [0, 0.1) is 5.92 Å². The van der Waals surface area contributed by atoms with Crippen LogP contribution in [0.2, 0.25) is 0 Å². The predicted octanol–water partition coefficient (Wildman–Crippen LogP) is 1.72. The number of nitrogens with one attached hydrogen (secondary N) is 3. The van der Waals surface area contributed by atoms with Gasteiger partial charge in [-0.1, -0.05) is 19.1 Å². The molecule has 13 heteroatoms. The summed E-state index contributed by atoms with van der Waals surface area (Å²) in [5, 5.41) is 17.2. The number of Topliss-reactive ketones (excluding diaryl/α,β-unsaturated/α-hetero) is 1. The van der Waals surface area contributed by atoms with E-state index < -0.39 is 17.2 Å². The smallest absolute Gasteiger partial charge is 0.234 e. The lowest BCUT2D eigenvalue weighted by molar-refractivity contribution is -0.124. The van der Waals surface area contributed by atoms with Gasteiger partial charge in [-0.3, -0.25) is 19.2 Å². The normalized spacial score (nSPS) is 13.5. The SMILES string of the molecule is CNC(CCCCNC(=O)CCC(C)(C)OCC(C)(C)n1cc(CCC(=O)NCCCCC(N)C(=O)C(C)C)nn1)C(N)=O. The molecule has 1 heterocycles. The van der Waals surface area contributed by atoms with Gasteiger partial charge in [0.25, 0.3) is 0 Å². The number of carbonyl (C=O) groups is 4. The number of aryl methyl sites for hydroxylation is 1. The monoisotopic (exact) mass is 622 g/mol. The van der Waals surface area contributed by atoms with Gasteiger partial charge >= 0.3 is 0 Å². The first-order chi connectivity index (χ1) is 20.6. The second-order valence-corrected chi connectivity index (χ2v) is 13.1. The van der Waals surface area contributed by atoms with E-state index in [0.29, 0.717) is 58.2 Å². The summed E-state index contributed by atoms with van der Waals surface area (Å²) in [6, 6.07) is -0.777. The Morgan fingerprint density at radius 3 is 2.11 bits per heavy atom. The van der Waals surface area contributed by atoms with Crippen molar-refractivity contribution in [1.82, 2.24) is 30.9 Å². The molecular formula is C31H58N8O5. The van der Waals surface area contributed by atoms with Gasteiger partial charge in [-0.2, -0.15) is 0 Å². The summed E-state index contributed by atoms with van der Waals surface area (Å²) in [5.74, 6) is -0.441. The molecule has 0 spiro atoms. The quantitative estimate of drug-likeness (QED) is 0.107. The summed E-state index contributed by atoms with van der Waals surface area (Å²) < 4.78 is 7.96. The molecule has 3 amide bonds. The summed E-state index contributed by atoms with van der Waals surface area (Å²) >= 11 is 0. The molecule has 0 aliphatic heterocycles. The second kappa shape index (κ2) is 19.5. The number of likely N-dealkylation sites (N-methyl/N-ethyl adjacent to an activating group) is 1. The lowest BCUT2D eigenvalue weighted by Crippen LogP contribution is -2.39. The third kappa shape index (κ3) is 15.7. The molecule has 1 aromatic rings. The Kier molecular flexibility index (Phi) is 17.3. The van der Waals surface area contributed by atoms with Gasteiger partial charge in [-0.05, 0) is 79.7 Å². The maximum atomic E-state index is 12.3. The molecule has 0 saturated heterocycles. The fourth-order valence-corrected chi connectivity index (χ4v) is 4.47. The molecule has 0 radical (unpaired) electrons. The molecule has 13 nitrogen and oxygen atoms in total. The summed E-state index contributed by atoms with van der Waals surface area (Å²) in [4.78, 5) is 47.7. The van der Waals surface area contributed by atoms with Crippen molar-refractivity contribution in [2.24, 2.45) is 17.4 Å². The molecule has 0 fully saturated rings. The third-order valence-corrected chi connectivity index (χ3v) is 7.67. The number of primary amides is 1.